The Morgan fingerprint density at radius 2 is 1.14 bits per heavy atom. The smallest absolute Gasteiger partial charge is 0.296 e. The maximum absolute atomic E-state index is 7.53. The number of allylic oxidation sites excluding steroid dienone is 4. The fourth-order valence-corrected chi connectivity index (χ4v) is 11.4. The van der Waals surface area contributed by atoms with Gasteiger partial charge in [0.05, 0.1) is 11.3 Å². The summed E-state index contributed by atoms with van der Waals surface area (Å²) in [6.07, 6.45) is 6.93. The predicted molar refractivity (Wildman–Crippen MR) is 276 cm³/mol. The topological polar surface area (TPSA) is 19.6 Å². The highest BCUT2D eigenvalue weighted by Gasteiger charge is 2.49. The first-order valence-electron chi connectivity index (χ1n) is 24.0. The summed E-state index contributed by atoms with van der Waals surface area (Å²) in [5, 5.41) is 1.22. The van der Waals surface area contributed by atoms with Gasteiger partial charge in [-0.3, -0.25) is 0 Å². The highest BCUT2D eigenvalue weighted by Crippen LogP contribution is 2.53. The molecule has 0 atom stereocenters. The molecule has 4 heteroatoms. The van der Waals surface area contributed by atoms with Gasteiger partial charge in [-0.2, -0.15) is 0 Å². The van der Waals surface area contributed by atoms with Crippen molar-refractivity contribution in [3.05, 3.63) is 147 Å². The first-order valence-corrected chi connectivity index (χ1v) is 24.0. The van der Waals surface area contributed by atoms with Crippen LogP contribution in [-0.4, -0.2) is 6.71 Å². The minimum Gasteiger partial charge on any atom is -0.468 e. The summed E-state index contributed by atoms with van der Waals surface area (Å²) in [5.41, 5.74) is 24.7. The van der Waals surface area contributed by atoms with Crippen LogP contribution in [0, 0.1) is 19.3 Å². The first-order chi connectivity index (χ1) is 29.9. The SMILES string of the molecule is Cc1cc2c3c(c1)N(c1ccc(C(C)(C)C)cc1)c1c(oc4cc5c(cc14)C(C)(C)CCC5(C)C)B3C1=C(CCC(C(C)(C)C)=C1)N2c1ccc(-c2ccc(C(C)(C)C)cc2)cc1C. The molecule has 328 valence electrons. The average molecular weight is 845 g/mol. The van der Waals surface area contributed by atoms with Gasteiger partial charge in [-0.25, -0.2) is 0 Å². The molecule has 64 heavy (non-hydrogen) atoms. The van der Waals surface area contributed by atoms with Gasteiger partial charge in [0.1, 0.15) is 5.58 Å². The van der Waals surface area contributed by atoms with E-state index < -0.39 is 0 Å². The molecule has 10 rings (SSSR count). The number of anilines is 5. The molecule has 0 spiro atoms. The number of hydrogen-bond acceptors (Lipinski definition) is 3. The normalized spacial score (nSPS) is 17.9. The van der Waals surface area contributed by atoms with E-state index in [1.807, 2.05) is 0 Å². The zero-order valence-corrected chi connectivity index (χ0v) is 41.4. The van der Waals surface area contributed by atoms with Crippen LogP contribution in [0.5, 0.6) is 0 Å². The molecule has 0 N–H and O–H groups in total. The molecular formula is C60H69BN2O. The summed E-state index contributed by atoms with van der Waals surface area (Å²) >= 11 is 0. The summed E-state index contributed by atoms with van der Waals surface area (Å²) in [5.74, 6) is 0. The van der Waals surface area contributed by atoms with Gasteiger partial charge < -0.3 is 14.2 Å². The molecular weight excluding hydrogens is 775 g/mol. The van der Waals surface area contributed by atoms with Gasteiger partial charge in [0.25, 0.3) is 6.71 Å². The van der Waals surface area contributed by atoms with E-state index in [-0.39, 0.29) is 33.8 Å². The van der Waals surface area contributed by atoms with E-state index in [0.717, 1.165) is 30.5 Å². The lowest BCUT2D eigenvalue weighted by atomic mass is 9.34. The van der Waals surface area contributed by atoms with Crippen molar-refractivity contribution in [2.45, 2.75) is 151 Å². The lowest BCUT2D eigenvalue weighted by Gasteiger charge is -2.45. The van der Waals surface area contributed by atoms with Crippen LogP contribution < -0.4 is 20.9 Å². The summed E-state index contributed by atoms with van der Waals surface area (Å²) in [6, 6.07) is 35.6. The molecule has 0 unspecified atom stereocenters. The highest BCUT2D eigenvalue weighted by atomic mass is 16.3. The van der Waals surface area contributed by atoms with Crippen LogP contribution >= 0.6 is 0 Å². The largest absolute Gasteiger partial charge is 0.468 e. The van der Waals surface area contributed by atoms with Crippen molar-refractivity contribution in [1.29, 1.82) is 0 Å². The summed E-state index contributed by atoms with van der Waals surface area (Å²) in [4.78, 5) is 5.22. The Balaban J connectivity index is 1.25. The first kappa shape index (κ1) is 42.7. The van der Waals surface area contributed by atoms with Crippen molar-refractivity contribution >= 4 is 57.2 Å². The Kier molecular flexibility index (Phi) is 9.44. The van der Waals surface area contributed by atoms with Crippen LogP contribution in [-0.2, 0) is 21.7 Å². The van der Waals surface area contributed by atoms with Gasteiger partial charge >= 0.3 is 0 Å². The van der Waals surface area contributed by atoms with Crippen LogP contribution in [0.25, 0.3) is 22.1 Å². The maximum atomic E-state index is 7.53. The molecule has 1 aromatic heterocycles. The van der Waals surface area contributed by atoms with Crippen molar-refractivity contribution in [2.24, 2.45) is 5.41 Å². The molecule has 0 saturated heterocycles. The van der Waals surface area contributed by atoms with Crippen molar-refractivity contribution in [2.75, 3.05) is 9.80 Å². The molecule has 6 aromatic rings. The Morgan fingerprint density at radius 3 is 1.72 bits per heavy atom. The van der Waals surface area contributed by atoms with Crippen LogP contribution in [0.15, 0.2) is 118 Å². The third-order valence-electron chi connectivity index (χ3n) is 15.6. The second-order valence-electron chi connectivity index (χ2n) is 24.2. The van der Waals surface area contributed by atoms with Gasteiger partial charge in [-0.1, -0.05) is 144 Å². The van der Waals surface area contributed by atoms with E-state index in [1.165, 1.54) is 107 Å². The second kappa shape index (κ2) is 14.1. The monoisotopic (exact) mass is 845 g/mol. The Labute approximate surface area is 384 Å². The van der Waals surface area contributed by atoms with E-state index in [9.17, 15) is 0 Å². The fourth-order valence-electron chi connectivity index (χ4n) is 11.4. The van der Waals surface area contributed by atoms with Crippen molar-refractivity contribution in [3.63, 3.8) is 0 Å². The maximum Gasteiger partial charge on any atom is 0.296 e. The number of fused-ring (bicyclic) bond motifs is 6. The zero-order chi connectivity index (χ0) is 45.6. The third-order valence-corrected chi connectivity index (χ3v) is 15.6. The average Bonchev–Trinajstić information content (AvgIpc) is 3.59. The van der Waals surface area contributed by atoms with Crippen LogP contribution in [0.2, 0.25) is 0 Å². The molecule has 3 nitrogen and oxygen atoms in total. The minimum atomic E-state index is -0.0547. The van der Waals surface area contributed by atoms with Crippen molar-refractivity contribution in [1.82, 2.24) is 0 Å². The molecule has 0 radical (unpaired) electrons. The summed E-state index contributed by atoms with van der Waals surface area (Å²) in [7, 11) is 0. The Hall–Kier alpha value is -5.22. The zero-order valence-electron chi connectivity index (χ0n) is 41.4. The van der Waals surface area contributed by atoms with Crippen LogP contribution in [0.3, 0.4) is 0 Å². The molecule has 3 heterocycles. The molecule has 2 aliphatic carbocycles. The number of hydrogen-bond donors (Lipinski definition) is 0. The van der Waals surface area contributed by atoms with Gasteiger partial charge in [-0.15, -0.1) is 0 Å². The van der Waals surface area contributed by atoms with Gasteiger partial charge in [0.15, 0.2) is 0 Å². The van der Waals surface area contributed by atoms with Crippen LogP contribution in [0.1, 0.15) is 149 Å². The number of aryl methyl sites for hydroxylation is 2. The Morgan fingerprint density at radius 1 is 0.578 bits per heavy atom. The van der Waals surface area contributed by atoms with Gasteiger partial charge in [-0.05, 0) is 171 Å². The third kappa shape index (κ3) is 6.75. The van der Waals surface area contributed by atoms with Crippen molar-refractivity contribution in [3.8, 4) is 11.1 Å². The molecule has 0 amide bonds. The van der Waals surface area contributed by atoms with E-state index in [4.69, 9.17) is 4.42 Å². The lowest BCUT2D eigenvalue weighted by molar-refractivity contribution is 0.332. The molecule has 0 saturated carbocycles. The second-order valence-corrected chi connectivity index (χ2v) is 24.2. The van der Waals surface area contributed by atoms with Gasteiger partial charge in [0.2, 0.25) is 0 Å². The summed E-state index contributed by atoms with van der Waals surface area (Å²) < 4.78 is 7.53. The summed E-state index contributed by atoms with van der Waals surface area (Å²) in [6.45, 7) is 35.2. The molecule has 4 aliphatic rings. The quantitative estimate of drug-likeness (QED) is 0.166. The standard InChI is InChI=1S/C60H69BN2O/c1-36-30-50-53-51(31-36)63(48-26-18-39(32-37(48)2)38-16-19-40(20-17-38)56(3,4)5)49-27-23-42(58(9,10)11)33-47(49)61(53)55-54(62(50)43-24-21-41(22-25-43)57(6,7)8)44-34-45-46(35-52(44)64-55)60(14,15)29-28-59(45,12)13/h16-22,24-26,30-35H,23,27-29H2,1-15H3. The lowest BCUT2D eigenvalue weighted by Crippen LogP contribution is -2.56. The Bertz CT molecular complexity index is 2950. The van der Waals surface area contributed by atoms with Crippen molar-refractivity contribution < 1.29 is 4.42 Å². The number of benzene rings is 5. The molecule has 0 bridgehead atoms. The van der Waals surface area contributed by atoms with E-state index in [0.29, 0.717) is 0 Å². The predicted octanol–water partition coefficient (Wildman–Crippen LogP) is 15.8. The van der Waals surface area contributed by atoms with E-state index in [1.54, 1.807) is 0 Å². The number of nitrogens with zero attached hydrogens (tertiary/aromatic N) is 2. The number of rotatable bonds is 3. The minimum absolute atomic E-state index is 0.0439. The van der Waals surface area contributed by atoms with E-state index in [2.05, 4.69) is 211 Å². The molecule has 5 aromatic carbocycles. The number of furan rings is 1. The molecule has 0 fully saturated rings. The fraction of sp³-hybridized carbons (Fsp3) is 0.400. The van der Waals surface area contributed by atoms with Crippen LogP contribution in [0.4, 0.5) is 28.4 Å². The van der Waals surface area contributed by atoms with E-state index >= 15 is 0 Å². The van der Waals surface area contributed by atoms with Gasteiger partial charge in [0, 0.05) is 33.8 Å². The molecule has 2 aliphatic heterocycles. The highest BCUT2D eigenvalue weighted by molar-refractivity contribution is 6.95.